The molecule has 1 heterocycles. The molecule has 0 atom stereocenters. The normalized spacial score (nSPS) is 10.8. The number of rotatable bonds is 6. The summed E-state index contributed by atoms with van der Waals surface area (Å²) in [6.45, 7) is 1.75. The number of benzene rings is 2. The number of allylic oxidation sites excluding steroid dienone is 1. The van der Waals surface area contributed by atoms with Crippen LogP contribution < -0.4 is 5.56 Å². The van der Waals surface area contributed by atoms with E-state index in [4.69, 9.17) is 4.74 Å². The van der Waals surface area contributed by atoms with Crippen LogP contribution >= 0.6 is 0 Å². The summed E-state index contributed by atoms with van der Waals surface area (Å²) in [5, 5.41) is 3.96. The van der Waals surface area contributed by atoms with E-state index in [-0.39, 0.29) is 12.4 Å². The highest BCUT2D eigenvalue weighted by Crippen LogP contribution is 2.06. The molecule has 0 fully saturated rings. The van der Waals surface area contributed by atoms with E-state index in [0.29, 0.717) is 5.69 Å². The Hall–Kier alpha value is -3.87. The summed E-state index contributed by atoms with van der Waals surface area (Å²) < 4.78 is 5.89. The van der Waals surface area contributed by atoms with Crippen molar-refractivity contribution in [1.82, 2.24) is 14.8 Å². The molecule has 0 unspecified atom stereocenters. The van der Waals surface area contributed by atoms with Crippen molar-refractivity contribution in [1.29, 1.82) is 0 Å². The van der Waals surface area contributed by atoms with E-state index >= 15 is 0 Å². The third-order valence-corrected chi connectivity index (χ3v) is 3.73. The first-order valence-electron chi connectivity index (χ1n) is 8.61. The number of nitrogens with zero attached hydrogens (tertiary/aromatic N) is 3. The van der Waals surface area contributed by atoms with Gasteiger partial charge in [-0.2, -0.15) is 4.68 Å². The van der Waals surface area contributed by atoms with E-state index in [1.54, 1.807) is 43.3 Å². The topological polar surface area (TPSA) is 91.1 Å². The Kier molecular flexibility index (Phi) is 5.86. The minimum absolute atomic E-state index is 0.115. The number of carbonyl (C=O) groups excluding carboxylic acids is 2. The van der Waals surface area contributed by atoms with Crippen LogP contribution in [0.4, 0.5) is 0 Å². The lowest BCUT2D eigenvalue weighted by Gasteiger charge is -2.08. The molecule has 7 nitrogen and oxygen atoms in total. The third-order valence-electron chi connectivity index (χ3n) is 3.73. The molecule has 2 aromatic carbocycles. The van der Waals surface area contributed by atoms with Crippen molar-refractivity contribution in [2.24, 2.45) is 0 Å². The molecular formula is C21H17N3O4. The molecule has 3 rings (SSSR count). The maximum absolute atomic E-state index is 12.8. The van der Waals surface area contributed by atoms with Gasteiger partial charge < -0.3 is 4.74 Å². The molecule has 28 heavy (non-hydrogen) atoms. The fraction of sp³-hybridized carbons (Fsp3) is 0.0952. The van der Waals surface area contributed by atoms with Gasteiger partial charge >= 0.3 is 11.5 Å². The van der Waals surface area contributed by atoms with Crippen LogP contribution in [-0.4, -0.2) is 33.1 Å². The zero-order valence-corrected chi connectivity index (χ0v) is 15.1. The maximum atomic E-state index is 12.8. The van der Waals surface area contributed by atoms with Crippen molar-refractivity contribution in [3.05, 3.63) is 94.2 Å². The Morgan fingerprint density at radius 2 is 1.68 bits per heavy atom. The standard InChI is InChI=1S/C21H17N3O4/c1-2-28-21(27)19-22-18(17(25)14-13-15-9-5-3-6-10-15)20(26)24(23-19)16-11-7-4-8-12-16/h3-14H,2H2,1H3/b14-13+. The fourth-order valence-electron chi connectivity index (χ4n) is 2.42. The van der Waals surface area contributed by atoms with Crippen LogP contribution in [0.15, 0.2) is 71.5 Å². The van der Waals surface area contributed by atoms with Crippen molar-refractivity contribution in [3.8, 4) is 5.69 Å². The number of hydrogen-bond donors (Lipinski definition) is 0. The smallest absolute Gasteiger partial charge is 0.378 e. The molecule has 7 heteroatoms. The van der Waals surface area contributed by atoms with E-state index in [1.807, 2.05) is 30.3 Å². The highest BCUT2D eigenvalue weighted by molar-refractivity contribution is 6.05. The first-order chi connectivity index (χ1) is 13.6. The predicted octanol–water partition coefficient (Wildman–Crippen LogP) is 2.70. The molecule has 0 aliphatic rings. The second-order valence-electron chi connectivity index (χ2n) is 5.67. The Morgan fingerprint density at radius 1 is 1.04 bits per heavy atom. The van der Waals surface area contributed by atoms with E-state index < -0.39 is 23.0 Å². The van der Waals surface area contributed by atoms with Gasteiger partial charge in [0.25, 0.3) is 5.82 Å². The summed E-state index contributed by atoms with van der Waals surface area (Å²) in [6, 6.07) is 17.6. The van der Waals surface area contributed by atoms with Crippen molar-refractivity contribution in [3.63, 3.8) is 0 Å². The Bertz CT molecular complexity index is 1070. The van der Waals surface area contributed by atoms with Gasteiger partial charge in [0.15, 0.2) is 5.69 Å². The van der Waals surface area contributed by atoms with Crippen molar-refractivity contribution >= 4 is 17.8 Å². The van der Waals surface area contributed by atoms with E-state index in [1.165, 1.54) is 6.08 Å². The summed E-state index contributed by atoms with van der Waals surface area (Å²) in [7, 11) is 0. The minimum Gasteiger partial charge on any atom is -0.460 e. The zero-order chi connectivity index (χ0) is 19.9. The van der Waals surface area contributed by atoms with Crippen molar-refractivity contribution in [2.75, 3.05) is 6.61 Å². The van der Waals surface area contributed by atoms with Crippen molar-refractivity contribution in [2.45, 2.75) is 6.92 Å². The predicted molar refractivity (Wildman–Crippen MR) is 103 cm³/mol. The molecule has 0 saturated heterocycles. The number of carbonyl (C=O) groups is 2. The van der Waals surface area contributed by atoms with Crippen LogP contribution in [0.5, 0.6) is 0 Å². The Labute approximate surface area is 160 Å². The lowest BCUT2D eigenvalue weighted by Crippen LogP contribution is -2.31. The monoisotopic (exact) mass is 375 g/mol. The Morgan fingerprint density at radius 3 is 2.32 bits per heavy atom. The third kappa shape index (κ3) is 4.27. The van der Waals surface area contributed by atoms with E-state index in [2.05, 4.69) is 10.1 Å². The molecular weight excluding hydrogens is 358 g/mol. The first kappa shape index (κ1) is 18.9. The first-order valence-corrected chi connectivity index (χ1v) is 8.61. The number of aromatic nitrogens is 3. The molecule has 0 aliphatic carbocycles. The number of esters is 1. The number of hydrogen-bond acceptors (Lipinski definition) is 6. The second-order valence-corrected chi connectivity index (χ2v) is 5.67. The van der Waals surface area contributed by atoms with Crippen LogP contribution in [0.2, 0.25) is 0 Å². The summed E-state index contributed by atoms with van der Waals surface area (Å²) >= 11 is 0. The SMILES string of the molecule is CCOC(=O)c1nc(C(=O)/C=C/c2ccccc2)c(=O)n(-c2ccccc2)n1. The highest BCUT2D eigenvalue weighted by Gasteiger charge is 2.21. The van der Waals surface area contributed by atoms with E-state index in [0.717, 1.165) is 10.2 Å². The summed E-state index contributed by atoms with van der Waals surface area (Å²) in [4.78, 5) is 41.4. The quantitative estimate of drug-likeness (QED) is 0.374. The summed E-state index contributed by atoms with van der Waals surface area (Å²) in [5.74, 6) is -1.80. The van der Waals surface area contributed by atoms with Gasteiger partial charge in [0.05, 0.1) is 12.3 Å². The fourth-order valence-corrected chi connectivity index (χ4v) is 2.42. The zero-order valence-electron chi connectivity index (χ0n) is 15.1. The molecule has 0 spiro atoms. The average Bonchev–Trinajstić information content (AvgIpc) is 2.73. The lowest BCUT2D eigenvalue weighted by atomic mass is 10.2. The highest BCUT2D eigenvalue weighted by atomic mass is 16.5. The summed E-state index contributed by atoms with van der Waals surface area (Å²) in [6.07, 6.45) is 2.81. The number of para-hydroxylation sites is 1. The molecule has 0 bridgehead atoms. The van der Waals surface area contributed by atoms with Crippen LogP contribution in [0.1, 0.15) is 33.6 Å². The number of ketones is 1. The lowest BCUT2D eigenvalue weighted by molar-refractivity contribution is 0.0509. The average molecular weight is 375 g/mol. The molecule has 140 valence electrons. The molecule has 0 aliphatic heterocycles. The van der Waals surface area contributed by atoms with Gasteiger partial charge in [-0.15, -0.1) is 5.10 Å². The number of ether oxygens (including phenoxy) is 1. The molecule has 3 aromatic rings. The van der Waals surface area contributed by atoms with Gasteiger partial charge in [-0.05, 0) is 30.7 Å². The molecule has 0 radical (unpaired) electrons. The largest absolute Gasteiger partial charge is 0.460 e. The summed E-state index contributed by atoms with van der Waals surface area (Å²) in [5.41, 5.74) is 0.0662. The van der Waals surface area contributed by atoms with Gasteiger partial charge in [0.1, 0.15) is 0 Å². The Balaban J connectivity index is 2.07. The van der Waals surface area contributed by atoms with Crippen LogP contribution in [0.25, 0.3) is 11.8 Å². The van der Waals surface area contributed by atoms with Gasteiger partial charge in [-0.3, -0.25) is 9.59 Å². The molecule has 0 amide bonds. The van der Waals surface area contributed by atoms with Gasteiger partial charge in [0.2, 0.25) is 5.78 Å². The molecule has 0 N–H and O–H groups in total. The van der Waals surface area contributed by atoms with Gasteiger partial charge in [-0.25, -0.2) is 9.78 Å². The second kappa shape index (κ2) is 8.68. The van der Waals surface area contributed by atoms with Gasteiger partial charge in [-0.1, -0.05) is 54.6 Å². The molecule has 1 aromatic heterocycles. The molecule has 0 saturated carbocycles. The van der Waals surface area contributed by atoms with Crippen LogP contribution in [0.3, 0.4) is 0 Å². The maximum Gasteiger partial charge on any atom is 0.378 e. The van der Waals surface area contributed by atoms with Crippen LogP contribution in [-0.2, 0) is 4.74 Å². The van der Waals surface area contributed by atoms with E-state index in [9.17, 15) is 14.4 Å². The minimum atomic E-state index is -0.812. The van der Waals surface area contributed by atoms with Crippen LogP contribution in [0, 0.1) is 0 Å². The van der Waals surface area contributed by atoms with Gasteiger partial charge in [0, 0.05) is 0 Å². The van der Waals surface area contributed by atoms with Crippen molar-refractivity contribution < 1.29 is 14.3 Å².